The summed E-state index contributed by atoms with van der Waals surface area (Å²) < 4.78 is 0. The molecule has 7 heteroatoms. The van der Waals surface area contributed by atoms with Gasteiger partial charge in [0, 0.05) is 35.8 Å². The highest BCUT2D eigenvalue weighted by Gasteiger charge is 2.10. The van der Waals surface area contributed by atoms with E-state index in [-0.39, 0.29) is 11.6 Å². The molecule has 1 amide bonds. The molecule has 0 unspecified atom stereocenters. The molecular formula is C18H16ClN5O. The molecule has 3 rings (SSSR count). The van der Waals surface area contributed by atoms with Gasteiger partial charge in [0.1, 0.15) is 5.69 Å². The maximum absolute atomic E-state index is 12.3. The number of carbonyl (C=O) groups is 1. The Morgan fingerprint density at radius 1 is 1.16 bits per heavy atom. The van der Waals surface area contributed by atoms with Gasteiger partial charge in [-0.25, -0.2) is 9.97 Å². The number of nitrogens with one attached hydrogen (secondary N) is 2. The Kier molecular flexibility index (Phi) is 5.20. The van der Waals surface area contributed by atoms with Crippen LogP contribution in [-0.2, 0) is 6.54 Å². The Labute approximate surface area is 150 Å². The molecular weight excluding hydrogens is 338 g/mol. The van der Waals surface area contributed by atoms with E-state index in [2.05, 4.69) is 25.6 Å². The quantitative estimate of drug-likeness (QED) is 0.733. The summed E-state index contributed by atoms with van der Waals surface area (Å²) in [6, 6.07) is 10.8. The van der Waals surface area contributed by atoms with E-state index in [1.165, 1.54) is 6.20 Å². The first-order chi connectivity index (χ1) is 12.1. The maximum Gasteiger partial charge on any atom is 0.270 e. The van der Waals surface area contributed by atoms with Gasteiger partial charge in [0.05, 0.1) is 0 Å². The number of hydrogen-bond acceptors (Lipinski definition) is 5. The van der Waals surface area contributed by atoms with Crippen LogP contribution in [0.25, 0.3) is 0 Å². The summed E-state index contributed by atoms with van der Waals surface area (Å²) in [5.74, 6) is 0.0523. The molecule has 3 aromatic rings. The highest BCUT2D eigenvalue weighted by molar-refractivity contribution is 6.31. The molecule has 0 spiro atoms. The van der Waals surface area contributed by atoms with Crippen LogP contribution in [0.1, 0.15) is 21.6 Å². The summed E-state index contributed by atoms with van der Waals surface area (Å²) in [6.45, 7) is 2.28. The molecule has 0 radical (unpaired) electrons. The van der Waals surface area contributed by atoms with Crippen LogP contribution in [0.2, 0.25) is 5.02 Å². The molecule has 0 aliphatic carbocycles. The lowest BCUT2D eigenvalue weighted by molar-refractivity contribution is 0.0946. The first-order valence-electron chi connectivity index (χ1n) is 7.66. The van der Waals surface area contributed by atoms with Crippen LogP contribution in [0, 0.1) is 6.92 Å². The highest BCUT2D eigenvalue weighted by Crippen LogP contribution is 2.24. The summed E-state index contributed by atoms with van der Waals surface area (Å²) in [4.78, 5) is 24.7. The van der Waals surface area contributed by atoms with E-state index in [0.717, 1.165) is 16.8 Å². The number of hydrogen-bond donors (Lipinski definition) is 2. The molecule has 6 nitrogen and oxygen atoms in total. The van der Waals surface area contributed by atoms with Crippen molar-refractivity contribution in [1.82, 2.24) is 20.3 Å². The van der Waals surface area contributed by atoms with Gasteiger partial charge < -0.3 is 10.6 Å². The van der Waals surface area contributed by atoms with Crippen molar-refractivity contribution in [2.75, 3.05) is 5.32 Å². The van der Waals surface area contributed by atoms with Crippen molar-refractivity contribution in [2.45, 2.75) is 13.5 Å². The third-order valence-electron chi connectivity index (χ3n) is 3.58. The number of nitrogens with zero attached hydrogens (tertiary/aromatic N) is 3. The van der Waals surface area contributed by atoms with Crippen molar-refractivity contribution in [1.29, 1.82) is 0 Å². The zero-order valence-electron chi connectivity index (χ0n) is 13.5. The summed E-state index contributed by atoms with van der Waals surface area (Å²) >= 11 is 6.11. The second-order valence-corrected chi connectivity index (χ2v) is 5.75. The number of amides is 1. The number of rotatable bonds is 5. The SMILES string of the molecule is Cc1c(Cl)cccc1Nc1nccc(C(=O)NCc2cccnc2)n1. The van der Waals surface area contributed by atoms with Crippen molar-refractivity contribution < 1.29 is 4.79 Å². The van der Waals surface area contributed by atoms with E-state index in [9.17, 15) is 4.79 Å². The predicted octanol–water partition coefficient (Wildman–Crippen LogP) is 3.51. The Morgan fingerprint density at radius 3 is 2.84 bits per heavy atom. The lowest BCUT2D eigenvalue weighted by Crippen LogP contribution is -2.24. The molecule has 0 aliphatic rings. The molecule has 2 heterocycles. The van der Waals surface area contributed by atoms with E-state index in [0.29, 0.717) is 17.5 Å². The van der Waals surface area contributed by atoms with Crippen molar-refractivity contribution in [3.63, 3.8) is 0 Å². The minimum Gasteiger partial charge on any atom is -0.347 e. The number of carbonyl (C=O) groups excluding carboxylic acids is 1. The van der Waals surface area contributed by atoms with E-state index in [4.69, 9.17) is 11.6 Å². The number of halogens is 1. The fraction of sp³-hybridized carbons (Fsp3) is 0.111. The maximum atomic E-state index is 12.3. The highest BCUT2D eigenvalue weighted by atomic mass is 35.5. The summed E-state index contributed by atoms with van der Waals surface area (Å²) in [5, 5.41) is 6.54. The summed E-state index contributed by atoms with van der Waals surface area (Å²) in [6.07, 6.45) is 4.93. The second kappa shape index (κ2) is 7.72. The third-order valence-corrected chi connectivity index (χ3v) is 3.99. The van der Waals surface area contributed by atoms with Crippen LogP contribution in [0.5, 0.6) is 0 Å². The lowest BCUT2D eigenvalue weighted by Gasteiger charge is -2.10. The average Bonchev–Trinajstić information content (AvgIpc) is 2.64. The van der Waals surface area contributed by atoms with E-state index in [1.54, 1.807) is 18.5 Å². The molecule has 0 fully saturated rings. The standard InChI is InChI=1S/C18H16ClN5O/c1-12-14(19)5-2-6-15(12)23-18-21-9-7-16(24-18)17(25)22-11-13-4-3-8-20-10-13/h2-10H,11H2,1H3,(H,22,25)(H,21,23,24). The monoisotopic (exact) mass is 353 g/mol. The normalized spacial score (nSPS) is 10.3. The van der Waals surface area contributed by atoms with Gasteiger partial charge >= 0.3 is 0 Å². The van der Waals surface area contributed by atoms with E-state index in [1.807, 2.05) is 37.3 Å². The number of anilines is 2. The molecule has 0 saturated heterocycles. The molecule has 2 N–H and O–H groups in total. The van der Waals surface area contributed by atoms with Crippen LogP contribution in [0.3, 0.4) is 0 Å². The van der Waals surface area contributed by atoms with Gasteiger partial charge in [-0.1, -0.05) is 23.7 Å². The van der Waals surface area contributed by atoms with Gasteiger partial charge in [-0.05, 0) is 42.3 Å². The zero-order valence-corrected chi connectivity index (χ0v) is 14.3. The molecule has 1 aromatic carbocycles. The molecule has 25 heavy (non-hydrogen) atoms. The zero-order chi connectivity index (χ0) is 17.6. The van der Waals surface area contributed by atoms with Crippen molar-refractivity contribution >= 4 is 29.1 Å². The predicted molar refractivity (Wildman–Crippen MR) is 96.9 cm³/mol. The van der Waals surface area contributed by atoms with Gasteiger partial charge in [0.15, 0.2) is 0 Å². The molecule has 0 atom stereocenters. The third kappa shape index (κ3) is 4.30. The van der Waals surface area contributed by atoms with Gasteiger partial charge in [0.2, 0.25) is 5.95 Å². The first kappa shape index (κ1) is 16.9. The topological polar surface area (TPSA) is 79.8 Å². The van der Waals surface area contributed by atoms with Crippen LogP contribution < -0.4 is 10.6 Å². The van der Waals surface area contributed by atoms with Crippen LogP contribution in [0.4, 0.5) is 11.6 Å². The summed E-state index contributed by atoms with van der Waals surface area (Å²) in [5.41, 5.74) is 2.87. The first-order valence-corrected chi connectivity index (χ1v) is 8.03. The minimum atomic E-state index is -0.280. The van der Waals surface area contributed by atoms with E-state index >= 15 is 0 Å². The van der Waals surface area contributed by atoms with Crippen LogP contribution >= 0.6 is 11.6 Å². The van der Waals surface area contributed by atoms with E-state index < -0.39 is 0 Å². The average molecular weight is 354 g/mol. The molecule has 0 bridgehead atoms. The van der Waals surface area contributed by atoms with Crippen LogP contribution in [-0.4, -0.2) is 20.9 Å². The van der Waals surface area contributed by atoms with Crippen molar-refractivity contribution in [3.8, 4) is 0 Å². The van der Waals surface area contributed by atoms with Crippen molar-refractivity contribution in [2.24, 2.45) is 0 Å². The molecule has 126 valence electrons. The second-order valence-electron chi connectivity index (χ2n) is 5.35. The van der Waals surface area contributed by atoms with Crippen LogP contribution in [0.15, 0.2) is 55.0 Å². The van der Waals surface area contributed by atoms with Gasteiger partial charge in [-0.3, -0.25) is 9.78 Å². The molecule has 0 saturated carbocycles. The number of aromatic nitrogens is 3. The van der Waals surface area contributed by atoms with Gasteiger partial charge in [0.25, 0.3) is 5.91 Å². The van der Waals surface area contributed by atoms with Crippen molar-refractivity contribution in [3.05, 3.63) is 76.8 Å². The smallest absolute Gasteiger partial charge is 0.270 e. The fourth-order valence-electron chi connectivity index (χ4n) is 2.18. The van der Waals surface area contributed by atoms with Gasteiger partial charge in [-0.2, -0.15) is 0 Å². The Bertz CT molecular complexity index is 886. The minimum absolute atomic E-state index is 0.279. The number of pyridine rings is 1. The lowest BCUT2D eigenvalue weighted by atomic mass is 10.2. The van der Waals surface area contributed by atoms with Gasteiger partial charge in [-0.15, -0.1) is 0 Å². The Hall–Kier alpha value is -2.99. The largest absolute Gasteiger partial charge is 0.347 e. The molecule has 2 aromatic heterocycles. The fourth-order valence-corrected chi connectivity index (χ4v) is 2.36. The Balaban J connectivity index is 1.70. The number of benzene rings is 1. The summed E-state index contributed by atoms with van der Waals surface area (Å²) in [7, 11) is 0. The molecule has 0 aliphatic heterocycles. The Morgan fingerprint density at radius 2 is 2.04 bits per heavy atom.